The average molecular weight is 374 g/mol. The Morgan fingerprint density at radius 3 is 2.59 bits per heavy atom. The van der Waals surface area contributed by atoms with E-state index in [0.29, 0.717) is 11.5 Å². The molecule has 0 spiro atoms. The largest absolute Gasteiger partial charge is 0.452 e. The number of nitrogens with zero attached hydrogens (tertiary/aromatic N) is 1. The number of fused-ring (bicyclic) bond motifs is 2. The van der Waals surface area contributed by atoms with E-state index in [1.165, 1.54) is 19.4 Å². The van der Waals surface area contributed by atoms with E-state index < -0.39 is 24.1 Å². The lowest BCUT2D eigenvalue weighted by Crippen LogP contribution is -2.35. The van der Waals surface area contributed by atoms with Crippen molar-refractivity contribution in [1.29, 1.82) is 0 Å². The van der Waals surface area contributed by atoms with Gasteiger partial charge in [0, 0.05) is 17.2 Å². The van der Waals surface area contributed by atoms with Crippen molar-refractivity contribution >= 4 is 17.6 Å². The quantitative estimate of drug-likeness (QED) is 0.645. The Morgan fingerprint density at radius 2 is 2.04 bits per heavy atom. The molecule has 2 bridgehead atoms. The molecular weight excluding hydrogens is 348 g/mol. The van der Waals surface area contributed by atoms with Gasteiger partial charge in [0.1, 0.15) is 11.3 Å². The van der Waals surface area contributed by atoms with Gasteiger partial charge in [-0.25, -0.2) is 15.0 Å². The Kier molecular flexibility index (Phi) is 4.74. The molecule has 1 heterocycles. The normalized spacial score (nSPS) is 27.0. The molecule has 0 unspecified atom stereocenters. The van der Waals surface area contributed by atoms with Crippen molar-refractivity contribution in [3.05, 3.63) is 33.4 Å². The van der Waals surface area contributed by atoms with Gasteiger partial charge in [-0.1, -0.05) is 20.8 Å². The van der Waals surface area contributed by atoms with Crippen LogP contribution in [0.1, 0.15) is 61.7 Å². The Bertz CT molecular complexity index is 857. The number of esters is 1. The second-order valence-electron chi connectivity index (χ2n) is 8.34. The van der Waals surface area contributed by atoms with Crippen LogP contribution >= 0.6 is 0 Å². The van der Waals surface area contributed by atoms with Gasteiger partial charge in [-0.3, -0.25) is 4.79 Å². The number of carbonyl (C=O) groups is 2. The summed E-state index contributed by atoms with van der Waals surface area (Å²) >= 11 is 0. The Balaban J connectivity index is 1.60. The molecule has 7 nitrogen and oxygen atoms in total. The summed E-state index contributed by atoms with van der Waals surface area (Å²) in [5, 5.41) is 4.34. The minimum atomic E-state index is -0.704. The zero-order valence-corrected chi connectivity index (χ0v) is 16.5. The van der Waals surface area contributed by atoms with Gasteiger partial charge in [0.15, 0.2) is 6.61 Å². The average Bonchev–Trinajstić information content (AvgIpc) is 2.90. The maximum atomic E-state index is 12.2. The summed E-state index contributed by atoms with van der Waals surface area (Å²) in [5.74, 6) is -0.435. The highest BCUT2D eigenvalue weighted by molar-refractivity contribution is 5.96. The van der Waals surface area contributed by atoms with Gasteiger partial charge in [-0.2, -0.15) is 5.10 Å². The van der Waals surface area contributed by atoms with E-state index in [1.54, 1.807) is 6.92 Å². The summed E-state index contributed by atoms with van der Waals surface area (Å²) in [6, 6.07) is 1.22. The number of hydrogen-bond acceptors (Lipinski definition) is 6. The number of ether oxygens (including phenoxy) is 1. The predicted octanol–water partition coefficient (Wildman–Crippen LogP) is 2.73. The first-order chi connectivity index (χ1) is 12.6. The number of hydrazone groups is 1. The SMILES string of the molecule is Cc1cc(=O)oc(C)c1C(=O)OCC(=O)NN=C1C[C@H]2CC[C@@]1(C)C2(C)C. The molecule has 1 amide bonds. The lowest BCUT2D eigenvalue weighted by Gasteiger charge is -2.34. The van der Waals surface area contributed by atoms with Crippen LogP contribution in [0.25, 0.3) is 0 Å². The van der Waals surface area contributed by atoms with Crippen LogP contribution in [0.15, 0.2) is 20.4 Å². The molecule has 1 N–H and O–H groups in total. The van der Waals surface area contributed by atoms with Crippen LogP contribution in [0.5, 0.6) is 0 Å². The van der Waals surface area contributed by atoms with Crippen LogP contribution in [0.3, 0.4) is 0 Å². The Morgan fingerprint density at radius 1 is 1.33 bits per heavy atom. The van der Waals surface area contributed by atoms with Crippen molar-refractivity contribution in [2.75, 3.05) is 6.61 Å². The van der Waals surface area contributed by atoms with Gasteiger partial charge in [-0.05, 0) is 50.0 Å². The number of carbonyl (C=O) groups excluding carboxylic acids is 2. The second kappa shape index (κ2) is 6.62. The van der Waals surface area contributed by atoms with Crippen molar-refractivity contribution in [2.45, 2.75) is 53.9 Å². The van der Waals surface area contributed by atoms with Gasteiger partial charge < -0.3 is 9.15 Å². The highest BCUT2D eigenvalue weighted by Crippen LogP contribution is 2.63. The Hall–Kier alpha value is -2.44. The van der Waals surface area contributed by atoms with Crippen LogP contribution in [-0.4, -0.2) is 24.2 Å². The molecule has 0 radical (unpaired) electrons. The first-order valence-corrected chi connectivity index (χ1v) is 9.20. The molecule has 2 aliphatic carbocycles. The van der Waals surface area contributed by atoms with Gasteiger partial charge >= 0.3 is 11.6 Å². The highest BCUT2D eigenvalue weighted by atomic mass is 16.5. The molecule has 146 valence electrons. The van der Waals surface area contributed by atoms with E-state index in [-0.39, 0.29) is 22.2 Å². The fourth-order valence-corrected chi connectivity index (χ4v) is 4.53. The molecule has 2 saturated carbocycles. The molecule has 1 aromatic rings. The van der Waals surface area contributed by atoms with E-state index in [1.807, 2.05) is 0 Å². The first-order valence-electron chi connectivity index (χ1n) is 9.20. The molecule has 2 aliphatic rings. The minimum absolute atomic E-state index is 0.00255. The van der Waals surface area contributed by atoms with Crippen LogP contribution in [0.2, 0.25) is 0 Å². The zero-order chi connectivity index (χ0) is 20.0. The molecule has 0 aliphatic heterocycles. The van der Waals surface area contributed by atoms with Crippen LogP contribution in [-0.2, 0) is 9.53 Å². The summed E-state index contributed by atoms with van der Waals surface area (Å²) in [5.41, 5.74) is 3.79. The molecule has 2 fully saturated rings. The summed E-state index contributed by atoms with van der Waals surface area (Å²) < 4.78 is 9.96. The topological polar surface area (TPSA) is 98.0 Å². The van der Waals surface area contributed by atoms with Gasteiger partial charge in [0.2, 0.25) is 0 Å². The van der Waals surface area contributed by atoms with Crippen LogP contribution in [0, 0.1) is 30.6 Å². The fraction of sp³-hybridized carbons (Fsp3) is 0.600. The van der Waals surface area contributed by atoms with Crippen LogP contribution < -0.4 is 11.1 Å². The lowest BCUT2D eigenvalue weighted by molar-refractivity contribution is -0.124. The van der Waals surface area contributed by atoms with Crippen LogP contribution in [0.4, 0.5) is 0 Å². The standard InChI is InChI=1S/C20H26N2O5/c1-11-8-16(24)27-12(2)17(11)18(25)26-10-15(23)22-21-14-9-13-6-7-20(14,5)19(13,3)4/h8,13H,6-7,9-10H2,1-5H3,(H,22,23)/t13-,20-/m1/s1. The molecule has 0 saturated heterocycles. The highest BCUT2D eigenvalue weighted by Gasteiger charge is 2.60. The molecule has 27 heavy (non-hydrogen) atoms. The molecule has 3 rings (SSSR count). The van der Waals surface area contributed by atoms with Gasteiger partial charge in [-0.15, -0.1) is 0 Å². The van der Waals surface area contributed by atoms with Gasteiger partial charge in [0.25, 0.3) is 5.91 Å². The molecule has 1 aromatic heterocycles. The number of nitrogens with one attached hydrogen (secondary N) is 1. The monoisotopic (exact) mass is 374 g/mol. The lowest BCUT2D eigenvalue weighted by atomic mass is 9.70. The van der Waals surface area contributed by atoms with E-state index in [0.717, 1.165) is 18.6 Å². The zero-order valence-electron chi connectivity index (χ0n) is 16.5. The maximum absolute atomic E-state index is 12.2. The van der Waals surface area contributed by atoms with Crippen molar-refractivity contribution in [2.24, 2.45) is 21.8 Å². The molecule has 7 heteroatoms. The summed E-state index contributed by atoms with van der Waals surface area (Å²) in [7, 11) is 0. The number of hydrogen-bond donors (Lipinski definition) is 1. The van der Waals surface area contributed by atoms with Crippen molar-refractivity contribution < 1.29 is 18.7 Å². The molecule has 0 aromatic carbocycles. The minimum Gasteiger partial charge on any atom is -0.452 e. The Labute approximate surface area is 158 Å². The molecule has 2 atom stereocenters. The van der Waals surface area contributed by atoms with E-state index >= 15 is 0 Å². The number of aryl methyl sites for hydroxylation is 2. The summed E-state index contributed by atoms with van der Waals surface area (Å²) in [4.78, 5) is 35.6. The first kappa shape index (κ1) is 19.3. The van der Waals surface area contributed by atoms with Gasteiger partial charge in [0.05, 0.1) is 0 Å². The third-order valence-corrected chi connectivity index (χ3v) is 6.70. The second-order valence-corrected chi connectivity index (χ2v) is 8.34. The van der Waals surface area contributed by atoms with Crippen molar-refractivity contribution in [1.82, 2.24) is 5.43 Å². The fourth-order valence-electron chi connectivity index (χ4n) is 4.53. The molecular formula is C20H26N2O5. The number of amides is 1. The summed E-state index contributed by atoms with van der Waals surface area (Å²) in [6.45, 7) is 9.41. The summed E-state index contributed by atoms with van der Waals surface area (Å²) in [6.07, 6.45) is 3.16. The predicted molar refractivity (Wildman–Crippen MR) is 99.5 cm³/mol. The smallest absolute Gasteiger partial charge is 0.342 e. The van der Waals surface area contributed by atoms with E-state index in [9.17, 15) is 14.4 Å². The van der Waals surface area contributed by atoms with Crippen molar-refractivity contribution in [3.8, 4) is 0 Å². The van der Waals surface area contributed by atoms with Crippen molar-refractivity contribution in [3.63, 3.8) is 0 Å². The third kappa shape index (κ3) is 3.19. The van der Waals surface area contributed by atoms with E-state index in [2.05, 4.69) is 31.3 Å². The third-order valence-electron chi connectivity index (χ3n) is 6.70. The van der Waals surface area contributed by atoms with E-state index in [4.69, 9.17) is 9.15 Å². The number of rotatable bonds is 4. The maximum Gasteiger partial charge on any atom is 0.342 e.